The number of carbonyl (C=O) groups excluding carboxylic acids is 1. The summed E-state index contributed by atoms with van der Waals surface area (Å²) in [7, 11) is 1.88. The first-order chi connectivity index (χ1) is 11.6. The van der Waals surface area contributed by atoms with Crippen molar-refractivity contribution >= 4 is 33.2 Å². The van der Waals surface area contributed by atoms with Gasteiger partial charge in [-0.25, -0.2) is 0 Å². The van der Waals surface area contributed by atoms with Gasteiger partial charge < -0.3 is 4.90 Å². The number of nitrogens with zero attached hydrogens (tertiary/aromatic N) is 1. The number of amides is 1. The van der Waals surface area contributed by atoms with Crippen molar-refractivity contribution in [1.82, 2.24) is 15.8 Å². The normalized spacial score (nSPS) is 20.2. The Balaban J connectivity index is 1.41. The summed E-state index contributed by atoms with van der Waals surface area (Å²) in [5.74, 6) is 0.102. The largest absolute Gasteiger partial charge is 0.341 e. The molecule has 2 heterocycles. The molecule has 4 nitrogen and oxygen atoms in total. The first-order valence-electron chi connectivity index (χ1n) is 8.20. The first-order valence-corrected chi connectivity index (χ1v) is 9.81. The van der Waals surface area contributed by atoms with E-state index in [0.717, 1.165) is 34.5 Å². The molecule has 0 bridgehead atoms. The third kappa shape index (κ3) is 4.45. The van der Waals surface area contributed by atoms with Crippen molar-refractivity contribution in [3.05, 3.63) is 56.7 Å². The number of carbonyl (C=O) groups is 1. The summed E-state index contributed by atoms with van der Waals surface area (Å²) in [6.07, 6.45) is 3.14. The van der Waals surface area contributed by atoms with Crippen LogP contribution in [0.4, 0.5) is 0 Å². The highest BCUT2D eigenvalue weighted by molar-refractivity contribution is 9.11. The Morgan fingerprint density at radius 2 is 2.04 bits per heavy atom. The molecule has 1 saturated heterocycles. The van der Waals surface area contributed by atoms with Crippen molar-refractivity contribution in [3.8, 4) is 0 Å². The second kappa shape index (κ2) is 8.25. The molecule has 1 amide bonds. The van der Waals surface area contributed by atoms with Crippen LogP contribution in [0, 0.1) is 0 Å². The second-order valence-corrected chi connectivity index (χ2v) is 8.62. The smallest absolute Gasteiger partial charge is 0.263 e. The summed E-state index contributed by atoms with van der Waals surface area (Å²) in [6, 6.07) is 15.1. The lowest BCUT2D eigenvalue weighted by Crippen LogP contribution is -2.32. The number of benzene rings is 1. The van der Waals surface area contributed by atoms with Crippen molar-refractivity contribution in [3.63, 3.8) is 0 Å². The lowest BCUT2D eigenvalue weighted by atomic mass is 10.00. The minimum absolute atomic E-state index is 0.102. The van der Waals surface area contributed by atoms with Gasteiger partial charge in [-0.1, -0.05) is 30.3 Å². The molecule has 2 aromatic rings. The molecule has 6 heteroatoms. The summed E-state index contributed by atoms with van der Waals surface area (Å²) in [4.78, 5) is 14.9. The van der Waals surface area contributed by atoms with Gasteiger partial charge in [-0.05, 0) is 52.9 Å². The summed E-state index contributed by atoms with van der Waals surface area (Å²) < 4.78 is 0.993. The fourth-order valence-electron chi connectivity index (χ4n) is 3.01. The zero-order chi connectivity index (χ0) is 16.9. The summed E-state index contributed by atoms with van der Waals surface area (Å²) >= 11 is 4.89. The van der Waals surface area contributed by atoms with Gasteiger partial charge in [-0.2, -0.15) is 0 Å². The van der Waals surface area contributed by atoms with Crippen LogP contribution in [0.25, 0.3) is 0 Å². The Labute approximate surface area is 155 Å². The summed E-state index contributed by atoms with van der Waals surface area (Å²) in [6.45, 7) is 0.780. The SMILES string of the molecule is CN(CCCC1CC(c2ccccc2)NN1)C(=O)c1ccc(Br)s1. The maximum Gasteiger partial charge on any atom is 0.263 e. The highest BCUT2D eigenvalue weighted by Crippen LogP contribution is 2.25. The number of halogens is 1. The maximum atomic E-state index is 12.3. The Morgan fingerprint density at radius 1 is 1.25 bits per heavy atom. The molecule has 3 rings (SSSR count). The molecule has 1 aromatic heterocycles. The summed E-state index contributed by atoms with van der Waals surface area (Å²) in [5, 5.41) is 0. The van der Waals surface area contributed by atoms with E-state index in [2.05, 4.69) is 51.0 Å². The Kier molecular flexibility index (Phi) is 6.05. The van der Waals surface area contributed by atoms with E-state index in [-0.39, 0.29) is 5.91 Å². The first kappa shape index (κ1) is 17.6. The van der Waals surface area contributed by atoms with Crippen molar-refractivity contribution in [2.75, 3.05) is 13.6 Å². The van der Waals surface area contributed by atoms with Crippen LogP contribution in [0.1, 0.15) is 40.5 Å². The molecular weight excluding hydrogens is 386 g/mol. The van der Waals surface area contributed by atoms with E-state index in [0.29, 0.717) is 12.1 Å². The van der Waals surface area contributed by atoms with E-state index in [1.54, 1.807) is 0 Å². The van der Waals surface area contributed by atoms with Gasteiger partial charge in [0.25, 0.3) is 5.91 Å². The van der Waals surface area contributed by atoms with Crippen molar-refractivity contribution < 1.29 is 4.79 Å². The van der Waals surface area contributed by atoms with Crippen LogP contribution in [0.5, 0.6) is 0 Å². The van der Waals surface area contributed by atoms with E-state index in [4.69, 9.17) is 0 Å². The molecule has 1 aromatic carbocycles. The standard InChI is InChI=1S/C18H22BrN3OS/c1-22(18(23)16-9-10-17(19)24-16)11-5-8-14-12-15(21-20-14)13-6-3-2-4-7-13/h2-4,6-7,9-10,14-15,20-21H,5,8,11-12H2,1H3. The Bertz CT molecular complexity index is 676. The van der Waals surface area contributed by atoms with Crippen molar-refractivity contribution in [2.45, 2.75) is 31.3 Å². The molecule has 2 atom stereocenters. The average molecular weight is 408 g/mol. The third-order valence-electron chi connectivity index (χ3n) is 4.36. The van der Waals surface area contributed by atoms with Crippen molar-refractivity contribution in [2.24, 2.45) is 0 Å². The number of hydrogen-bond acceptors (Lipinski definition) is 4. The van der Waals surface area contributed by atoms with E-state index >= 15 is 0 Å². The molecular formula is C18H22BrN3OS. The molecule has 0 aliphatic carbocycles. The number of hydrazine groups is 1. The molecule has 0 radical (unpaired) electrons. The van der Waals surface area contributed by atoms with E-state index in [1.807, 2.05) is 30.1 Å². The highest BCUT2D eigenvalue weighted by atomic mass is 79.9. The van der Waals surface area contributed by atoms with Gasteiger partial charge in [0.1, 0.15) is 0 Å². The van der Waals surface area contributed by atoms with Crippen LogP contribution in [0.2, 0.25) is 0 Å². The third-order valence-corrected chi connectivity index (χ3v) is 5.97. The second-order valence-electron chi connectivity index (χ2n) is 6.16. The van der Waals surface area contributed by atoms with Gasteiger partial charge in [-0.15, -0.1) is 11.3 Å². The molecule has 1 aliphatic heterocycles. The fraction of sp³-hybridized carbons (Fsp3) is 0.389. The Hall–Kier alpha value is -1.21. The van der Waals surface area contributed by atoms with E-state index in [9.17, 15) is 4.79 Å². The minimum Gasteiger partial charge on any atom is -0.341 e. The van der Waals surface area contributed by atoms with Crippen LogP contribution in [-0.4, -0.2) is 30.4 Å². The fourth-order valence-corrected chi connectivity index (χ4v) is 4.39. The van der Waals surface area contributed by atoms with Gasteiger partial charge in [0, 0.05) is 25.7 Å². The van der Waals surface area contributed by atoms with E-state index in [1.165, 1.54) is 16.9 Å². The molecule has 128 valence electrons. The number of thiophene rings is 1. The zero-order valence-corrected chi connectivity index (χ0v) is 16.1. The van der Waals surface area contributed by atoms with Gasteiger partial charge >= 0.3 is 0 Å². The quantitative estimate of drug-likeness (QED) is 0.760. The molecule has 2 unspecified atom stereocenters. The number of hydrogen-bond donors (Lipinski definition) is 2. The zero-order valence-electron chi connectivity index (χ0n) is 13.7. The predicted octanol–water partition coefficient (Wildman–Crippen LogP) is 3.97. The van der Waals surface area contributed by atoms with E-state index < -0.39 is 0 Å². The van der Waals surface area contributed by atoms with Crippen molar-refractivity contribution in [1.29, 1.82) is 0 Å². The van der Waals surface area contributed by atoms with Gasteiger partial charge in [0.05, 0.1) is 8.66 Å². The van der Waals surface area contributed by atoms with Crippen LogP contribution in [-0.2, 0) is 0 Å². The number of rotatable bonds is 6. The van der Waals surface area contributed by atoms with Crippen LogP contribution >= 0.6 is 27.3 Å². The average Bonchev–Trinajstić information content (AvgIpc) is 3.24. The monoisotopic (exact) mass is 407 g/mol. The molecule has 2 N–H and O–H groups in total. The highest BCUT2D eigenvalue weighted by Gasteiger charge is 2.24. The van der Waals surface area contributed by atoms with Gasteiger partial charge in [0.2, 0.25) is 0 Å². The Morgan fingerprint density at radius 3 is 2.75 bits per heavy atom. The molecule has 24 heavy (non-hydrogen) atoms. The minimum atomic E-state index is 0.102. The summed E-state index contributed by atoms with van der Waals surface area (Å²) in [5.41, 5.74) is 8.09. The molecule has 0 saturated carbocycles. The maximum absolute atomic E-state index is 12.3. The van der Waals surface area contributed by atoms with Gasteiger partial charge in [-0.3, -0.25) is 15.6 Å². The molecule has 0 spiro atoms. The molecule has 1 fully saturated rings. The van der Waals surface area contributed by atoms with Gasteiger partial charge in [0.15, 0.2) is 0 Å². The lowest BCUT2D eigenvalue weighted by Gasteiger charge is -2.17. The lowest BCUT2D eigenvalue weighted by molar-refractivity contribution is 0.0796. The predicted molar refractivity (Wildman–Crippen MR) is 102 cm³/mol. The molecule has 1 aliphatic rings. The van der Waals surface area contributed by atoms with Crippen LogP contribution in [0.3, 0.4) is 0 Å². The topological polar surface area (TPSA) is 44.4 Å². The van der Waals surface area contributed by atoms with Crippen LogP contribution in [0.15, 0.2) is 46.3 Å². The number of nitrogens with one attached hydrogen (secondary N) is 2. The van der Waals surface area contributed by atoms with Crippen LogP contribution < -0.4 is 10.9 Å².